The molecular weight excluding hydrogens is 219 g/mol. The molecule has 2 atom stereocenters. The molecule has 0 heterocycles. The molecule has 90 valence electrons. The molecule has 1 aliphatic rings. The molecule has 0 bridgehead atoms. The van der Waals surface area contributed by atoms with Crippen LogP contribution in [0.1, 0.15) is 25.7 Å². The van der Waals surface area contributed by atoms with Gasteiger partial charge in [0.15, 0.2) is 0 Å². The van der Waals surface area contributed by atoms with Crippen LogP contribution >= 0.6 is 0 Å². The van der Waals surface area contributed by atoms with Crippen molar-refractivity contribution in [3.8, 4) is 0 Å². The molecule has 15 heavy (non-hydrogen) atoms. The molecule has 1 fully saturated rings. The number of rotatable bonds is 2. The maximum Gasteiger partial charge on any atom is 0.394 e. The van der Waals surface area contributed by atoms with Gasteiger partial charge in [-0.05, 0) is 12.8 Å². The minimum absolute atomic E-state index is 0.169. The average molecular weight is 232 g/mol. The molecule has 0 amide bonds. The molecule has 1 rings (SSSR count). The predicted molar refractivity (Wildman–Crippen MR) is 43.5 cm³/mol. The van der Waals surface area contributed by atoms with Crippen LogP contribution in [0.2, 0.25) is 0 Å². The highest BCUT2D eigenvalue weighted by Crippen LogP contribution is 2.47. The zero-order chi connectivity index (χ0) is 11.7. The van der Waals surface area contributed by atoms with Crippen LogP contribution < -0.4 is 0 Å². The Morgan fingerprint density at radius 1 is 1.27 bits per heavy atom. The zero-order valence-corrected chi connectivity index (χ0v) is 8.03. The highest BCUT2D eigenvalue weighted by Gasteiger charge is 2.54. The van der Waals surface area contributed by atoms with Crippen molar-refractivity contribution < 1.29 is 27.1 Å². The summed E-state index contributed by atoms with van der Waals surface area (Å²) >= 11 is 0. The van der Waals surface area contributed by atoms with Gasteiger partial charge in [-0.3, -0.25) is 0 Å². The molecular formula is C9H13F5O. The molecule has 0 aliphatic heterocycles. The smallest absolute Gasteiger partial charge is 0.394 e. The number of alkyl halides is 5. The third kappa shape index (κ3) is 2.80. The Morgan fingerprint density at radius 2 is 1.87 bits per heavy atom. The summed E-state index contributed by atoms with van der Waals surface area (Å²) in [4.78, 5) is 0. The van der Waals surface area contributed by atoms with Gasteiger partial charge in [-0.1, -0.05) is 6.42 Å². The van der Waals surface area contributed by atoms with Gasteiger partial charge in [0, 0.05) is 12.3 Å². The van der Waals surface area contributed by atoms with Gasteiger partial charge in [0.25, 0.3) is 5.92 Å². The van der Waals surface area contributed by atoms with E-state index in [1.54, 1.807) is 0 Å². The largest absolute Gasteiger partial charge is 0.396 e. The van der Waals surface area contributed by atoms with E-state index in [4.69, 9.17) is 5.11 Å². The van der Waals surface area contributed by atoms with Gasteiger partial charge in [-0.15, -0.1) is 0 Å². The highest BCUT2D eigenvalue weighted by atomic mass is 19.4. The second-order valence-corrected chi connectivity index (χ2v) is 3.94. The van der Waals surface area contributed by atoms with Gasteiger partial charge in [0.05, 0.1) is 12.5 Å². The monoisotopic (exact) mass is 232 g/mol. The lowest BCUT2D eigenvalue weighted by Crippen LogP contribution is -2.44. The van der Waals surface area contributed by atoms with E-state index in [-0.39, 0.29) is 12.8 Å². The molecule has 6 heteroatoms. The fourth-order valence-electron chi connectivity index (χ4n) is 2.08. The summed E-state index contributed by atoms with van der Waals surface area (Å²) in [6.45, 7) is -1.26. The third-order valence-electron chi connectivity index (χ3n) is 2.92. The summed E-state index contributed by atoms with van der Waals surface area (Å²) in [6.07, 6.45) is -4.81. The van der Waals surface area contributed by atoms with Gasteiger partial charge in [0.2, 0.25) is 0 Å². The van der Waals surface area contributed by atoms with Gasteiger partial charge in [-0.25, -0.2) is 8.78 Å². The van der Waals surface area contributed by atoms with Crippen molar-refractivity contribution in [2.75, 3.05) is 6.61 Å². The van der Waals surface area contributed by atoms with Crippen molar-refractivity contribution in [3.63, 3.8) is 0 Å². The predicted octanol–water partition coefficient (Wildman–Crippen LogP) is 2.98. The van der Waals surface area contributed by atoms with Crippen LogP contribution in [-0.2, 0) is 0 Å². The molecule has 0 saturated heterocycles. The molecule has 0 aromatic carbocycles. The summed E-state index contributed by atoms with van der Waals surface area (Å²) in [6, 6.07) is 0. The first-order valence-corrected chi connectivity index (χ1v) is 4.84. The Kier molecular flexibility index (Phi) is 3.58. The molecule has 1 N–H and O–H groups in total. The highest BCUT2D eigenvalue weighted by molar-refractivity contribution is 4.89. The molecule has 1 aliphatic carbocycles. The van der Waals surface area contributed by atoms with Crippen LogP contribution in [0.3, 0.4) is 0 Å². The third-order valence-corrected chi connectivity index (χ3v) is 2.92. The summed E-state index contributed by atoms with van der Waals surface area (Å²) in [5.41, 5.74) is 0. The molecule has 1 nitrogen and oxygen atoms in total. The van der Waals surface area contributed by atoms with Crippen LogP contribution in [-0.4, -0.2) is 23.8 Å². The molecule has 0 radical (unpaired) electrons. The van der Waals surface area contributed by atoms with E-state index < -0.39 is 37.0 Å². The number of halogens is 5. The lowest BCUT2D eigenvalue weighted by Gasteiger charge is -2.36. The van der Waals surface area contributed by atoms with E-state index in [1.165, 1.54) is 0 Å². The second-order valence-electron chi connectivity index (χ2n) is 3.94. The van der Waals surface area contributed by atoms with Gasteiger partial charge in [-0.2, -0.15) is 13.2 Å². The number of hydrogen-bond donors (Lipinski definition) is 1. The Balaban J connectivity index is 2.82. The number of aliphatic hydroxyl groups excluding tert-OH is 1. The van der Waals surface area contributed by atoms with E-state index in [0.717, 1.165) is 0 Å². The first-order chi connectivity index (χ1) is 6.79. The standard InChI is InChI=1S/C9H13F5O/c10-8(11)4-2-1-3-6(8)7(5-15)9(12,13)14/h6-7,15H,1-5H2. The summed E-state index contributed by atoms with van der Waals surface area (Å²) < 4.78 is 63.5. The van der Waals surface area contributed by atoms with Crippen LogP contribution in [0.15, 0.2) is 0 Å². The van der Waals surface area contributed by atoms with E-state index in [1.807, 2.05) is 0 Å². The zero-order valence-electron chi connectivity index (χ0n) is 8.03. The fraction of sp³-hybridized carbons (Fsp3) is 1.00. The van der Waals surface area contributed by atoms with E-state index >= 15 is 0 Å². The minimum Gasteiger partial charge on any atom is -0.396 e. The number of hydrogen-bond acceptors (Lipinski definition) is 1. The van der Waals surface area contributed by atoms with E-state index in [0.29, 0.717) is 6.42 Å². The molecule has 0 aromatic rings. The summed E-state index contributed by atoms with van der Waals surface area (Å²) in [5.74, 6) is -7.37. The van der Waals surface area contributed by atoms with Crippen LogP contribution in [0, 0.1) is 11.8 Å². The quantitative estimate of drug-likeness (QED) is 0.725. The summed E-state index contributed by atoms with van der Waals surface area (Å²) in [7, 11) is 0. The fourth-order valence-corrected chi connectivity index (χ4v) is 2.08. The van der Waals surface area contributed by atoms with Crippen molar-refractivity contribution in [1.82, 2.24) is 0 Å². The second kappa shape index (κ2) is 4.23. The number of aliphatic hydroxyl groups is 1. The van der Waals surface area contributed by atoms with E-state index in [9.17, 15) is 22.0 Å². The van der Waals surface area contributed by atoms with Crippen molar-refractivity contribution in [3.05, 3.63) is 0 Å². The molecule has 0 aromatic heterocycles. The molecule has 1 saturated carbocycles. The van der Waals surface area contributed by atoms with Gasteiger partial charge >= 0.3 is 6.18 Å². The Morgan fingerprint density at radius 3 is 2.27 bits per heavy atom. The molecule has 2 unspecified atom stereocenters. The van der Waals surface area contributed by atoms with Crippen LogP contribution in [0.5, 0.6) is 0 Å². The van der Waals surface area contributed by atoms with Crippen LogP contribution in [0.25, 0.3) is 0 Å². The van der Waals surface area contributed by atoms with Gasteiger partial charge in [0.1, 0.15) is 0 Å². The maximum atomic E-state index is 13.2. The Labute approximate surface area is 84.3 Å². The van der Waals surface area contributed by atoms with Crippen LogP contribution in [0.4, 0.5) is 22.0 Å². The van der Waals surface area contributed by atoms with E-state index in [2.05, 4.69) is 0 Å². The van der Waals surface area contributed by atoms with Crippen molar-refractivity contribution in [1.29, 1.82) is 0 Å². The van der Waals surface area contributed by atoms with Crippen molar-refractivity contribution >= 4 is 0 Å². The summed E-state index contributed by atoms with van der Waals surface area (Å²) in [5, 5.41) is 8.59. The normalized spacial score (nSPS) is 28.8. The molecule has 0 spiro atoms. The Hall–Kier alpha value is -0.390. The van der Waals surface area contributed by atoms with Crippen molar-refractivity contribution in [2.45, 2.75) is 37.8 Å². The maximum absolute atomic E-state index is 13.2. The minimum atomic E-state index is -4.75. The average Bonchev–Trinajstić information content (AvgIpc) is 2.06. The topological polar surface area (TPSA) is 20.2 Å². The SMILES string of the molecule is OCC(C1CCCCC1(F)F)C(F)(F)F. The van der Waals surface area contributed by atoms with Crippen molar-refractivity contribution in [2.24, 2.45) is 11.8 Å². The first kappa shape index (κ1) is 12.7. The first-order valence-electron chi connectivity index (χ1n) is 4.84. The lowest BCUT2D eigenvalue weighted by molar-refractivity contribution is -0.234. The van der Waals surface area contributed by atoms with Gasteiger partial charge < -0.3 is 5.11 Å². The lowest BCUT2D eigenvalue weighted by atomic mass is 9.77. The Bertz CT molecular complexity index is 213.